The predicted molar refractivity (Wildman–Crippen MR) is 65.2 cm³/mol. The van der Waals surface area contributed by atoms with E-state index in [4.69, 9.17) is 5.73 Å². The fourth-order valence-corrected chi connectivity index (χ4v) is 2.34. The lowest BCUT2D eigenvalue weighted by Crippen LogP contribution is -2.19. The van der Waals surface area contributed by atoms with E-state index in [0.717, 1.165) is 25.0 Å². The Morgan fingerprint density at radius 3 is 2.81 bits per heavy atom. The first-order chi connectivity index (χ1) is 7.79. The van der Waals surface area contributed by atoms with Gasteiger partial charge in [-0.15, -0.1) is 5.10 Å². The zero-order chi connectivity index (χ0) is 11.4. The molecule has 0 amide bonds. The lowest BCUT2D eigenvalue weighted by molar-refractivity contribution is 0.372. The average molecular weight is 223 g/mol. The molecule has 0 aromatic carbocycles. The molecule has 1 aromatic rings. The van der Waals surface area contributed by atoms with E-state index < -0.39 is 0 Å². The van der Waals surface area contributed by atoms with Crippen molar-refractivity contribution in [3.8, 4) is 0 Å². The van der Waals surface area contributed by atoms with Crippen molar-refractivity contribution in [3.05, 3.63) is 0 Å². The van der Waals surface area contributed by atoms with Gasteiger partial charge in [-0.05, 0) is 25.7 Å². The van der Waals surface area contributed by atoms with Crippen LogP contribution in [0, 0.1) is 5.92 Å². The van der Waals surface area contributed by atoms with Crippen LogP contribution in [0.4, 0.5) is 11.9 Å². The molecule has 5 nitrogen and oxygen atoms in total. The molecule has 0 unspecified atom stereocenters. The van der Waals surface area contributed by atoms with E-state index in [1.165, 1.54) is 32.1 Å². The van der Waals surface area contributed by atoms with Crippen LogP contribution in [0.2, 0.25) is 0 Å². The number of aromatic nitrogens is 3. The third kappa shape index (κ3) is 2.65. The Morgan fingerprint density at radius 1 is 1.38 bits per heavy atom. The normalized spacial score (nSPS) is 17.6. The number of nitrogens with one attached hydrogen (secondary N) is 1. The number of nitrogen functional groups attached to an aromatic ring is 1. The van der Waals surface area contributed by atoms with Crippen LogP contribution in [0.25, 0.3) is 0 Å². The van der Waals surface area contributed by atoms with E-state index in [2.05, 4.69) is 15.4 Å². The number of rotatable bonds is 4. The first-order valence-corrected chi connectivity index (χ1v) is 6.23. The molecule has 0 atom stereocenters. The van der Waals surface area contributed by atoms with E-state index in [1.807, 2.05) is 11.6 Å². The first kappa shape index (κ1) is 11.2. The Morgan fingerprint density at radius 2 is 2.12 bits per heavy atom. The minimum Gasteiger partial charge on any atom is -0.366 e. The summed E-state index contributed by atoms with van der Waals surface area (Å²) in [4.78, 5) is 4.18. The molecule has 1 aliphatic rings. The van der Waals surface area contributed by atoms with Crippen molar-refractivity contribution in [1.29, 1.82) is 0 Å². The van der Waals surface area contributed by atoms with E-state index in [9.17, 15) is 0 Å². The molecule has 90 valence electrons. The number of nitrogens with two attached hydrogens (primary N) is 1. The van der Waals surface area contributed by atoms with Crippen molar-refractivity contribution in [2.24, 2.45) is 5.92 Å². The summed E-state index contributed by atoms with van der Waals surface area (Å²) < 4.78 is 1.82. The second-order valence-electron chi connectivity index (χ2n) is 4.49. The Hall–Kier alpha value is -1.26. The molecule has 5 heteroatoms. The zero-order valence-electron chi connectivity index (χ0n) is 9.95. The maximum absolute atomic E-state index is 5.58. The maximum atomic E-state index is 5.58. The van der Waals surface area contributed by atoms with Gasteiger partial charge in [0.1, 0.15) is 0 Å². The van der Waals surface area contributed by atoms with Crippen LogP contribution in [-0.2, 0) is 6.54 Å². The Labute approximate surface area is 96.4 Å². The fourth-order valence-electron chi connectivity index (χ4n) is 2.34. The SMILES string of the molecule is CCn1nc(N)nc1NCC1CCCCC1. The summed E-state index contributed by atoms with van der Waals surface area (Å²) in [5.74, 6) is 1.95. The van der Waals surface area contributed by atoms with E-state index in [0.29, 0.717) is 5.95 Å². The quantitative estimate of drug-likeness (QED) is 0.817. The summed E-state index contributed by atoms with van der Waals surface area (Å²) in [5, 5.41) is 7.48. The zero-order valence-corrected chi connectivity index (χ0v) is 9.95. The molecule has 16 heavy (non-hydrogen) atoms. The van der Waals surface area contributed by atoms with Crippen molar-refractivity contribution >= 4 is 11.9 Å². The van der Waals surface area contributed by atoms with E-state index >= 15 is 0 Å². The lowest BCUT2D eigenvalue weighted by atomic mass is 9.89. The number of anilines is 2. The van der Waals surface area contributed by atoms with Crippen molar-refractivity contribution in [2.45, 2.75) is 45.6 Å². The molecule has 1 aliphatic carbocycles. The topological polar surface area (TPSA) is 68.8 Å². The van der Waals surface area contributed by atoms with Gasteiger partial charge in [0.25, 0.3) is 0 Å². The molecule has 0 bridgehead atoms. The Balaban J connectivity index is 1.87. The van der Waals surface area contributed by atoms with Crippen molar-refractivity contribution in [3.63, 3.8) is 0 Å². The minimum atomic E-state index is 0.355. The lowest BCUT2D eigenvalue weighted by Gasteiger charge is -2.21. The highest BCUT2D eigenvalue weighted by Crippen LogP contribution is 2.23. The largest absolute Gasteiger partial charge is 0.366 e. The van der Waals surface area contributed by atoms with Crippen LogP contribution in [0.3, 0.4) is 0 Å². The molecule has 1 fully saturated rings. The first-order valence-electron chi connectivity index (χ1n) is 6.23. The third-order valence-corrected chi connectivity index (χ3v) is 3.26. The molecular weight excluding hydrogens is 202 g/mol. The van der Waals surface area contributed by atoms with Crippen LogP contribution in [-0.4, -0.2) is 21.3 Å². The molecule has 3 N–H and O–H groups in total. The van der Waals surface area contributed by atoms with Crippen molar-refractivity contribution in [1.82, 2.24) is 14.8 Å². The Kier molecular flexibility index (Phi) is 3.64. The number of hydrogen-bond donors (Lipinski definition) is 2. The third-order valence-electron chi connectivity index (χ3n) is 3.26. The monoisotopic (exact) mass is 223 g/mol. The van der Waals surface area contributed by atoms with Crippen LogP contribution in [0.1, 0.15) is 39.0 Å². The van der Waals surface area contributed by atoms with Crippen molar-refractivity contribution in [2.75, 3.05) is 17.6 Å². The van der Waals surface area contributed by atoms with Gasteiger partial charge in [-0.1, -0.05) is 19.3 Å². The molecule has 0 saturated heterocycles. The number of hydrogen-bond acceptors (Lipinski definition) is 4. The summed E-state index contributed by atoms with van der Waals surface area (Å²) in [6.07, 6.45) is 6.81. The maximum Gasteiger partial charge on any atom is 0.241 e. The molecule has 0 spiro atoms. The number of aryl methyl sites for hydroxylation is 1. The summed E-state index contributed by atoms with van der Waals surface area (Å²) in [6, 6.07) is 0. The predicted octanol–water partition coefficient (Wildman–Crippen LogP) is 1.87. The van der Waals surface area contributed by atoms with Gasteiger partial charge >= 0.3 is 0 Å². The number of nitrogens with zero attached hydrogens (tertiary/aromatic N) is 3. The van der Waals surface area contributed by atoms with Crippen LogP contribution < -0.4 is 11.1 Å². The molecule has 0 radical (unpaired) electrons. The molecule has 1 heterocycles. The van der Waals surface area contributed by atoms with Gasteiger partial charge in [-0.2, -0.15) is 4.98 Å². The second-order valence-corrected chi connectivity index (χ2v) is 4.49. The highest BCUT2D eigenvalue weighted by atomic mass is 15.4. The molecule has 0 aliphatic heterocycles. The van der Waals surface area contributed by atoms with Gasteiger partial charge in [-0.25, -0.2) is 4.68 Å². The van der Waals surface area contributed by atoms with Gasteiger partial charge in [-0.3, -0.25) is 0 Å². The summed E-state index contributed by atoms with van der Waals surface area (Å²) in [7, 11) is 0. The van der Waals surface area contributed by atoms with Crippen LogP contribution in [0.5, 0.6) is 0 Å². The highest BCUT2D eigenvalue weighted by molar-refractivity contribution is 5.31. The molecular formula is C11H21N5. The van der Waals surface area contributed by atoms with E-state index in [-0.39, 0.29) is 0 Å². The molecule has 2 rings (SSSR count). The summed E-state index contributed by atoms with van der Waals surface area (Å²) in [6.45, 7) is 3.84. The smallest absolute Gasteiger partial charge is 0.241 e. The van der Waals surface area contributed by atoms with Crippen molar-refractivity contribution < 1.29 is 0 Å². The second kappa shape index (κ2) is 5.18. The van der Waals surface area contributed by atoms with Gasteiger partial charge in [0.05, 0.1) is 0 Å². The summed E-state index contributed by atoms with van der Waals surface area (Å²) >= 11 is 0. The molecule has 1 saturated carbocycles. The van der Waals surface area contributed by atoms with Gasteiger partial charge < -0.3 is 11.1 Å². The minimum absolute atomic E-state index is 0.355. The van der Waals surface area contributed by atoms with Crippen LogP contribution >= 0.6 is 0 Å². The fraction of sp³-hybridized carbons (Fsp3) is 0.818. The van der Waals surface area contributed by atoms with Gasteiger partial charge in [0.2, 0.25) is 11.9 Å². The summed E-state index contributed by atoms with van der Waals surface area (Å²) in [5.41, 5.74) is 5.58. The van der Waals surface area contributed by atoms with Gasteiger partial charge in [0.15, 0.2) is 0 Å². The van der Waals surface area contributed by atoms with Gasteiger partial charge in [0, 0.05) is 13.1 Å². The molecule has 1 aromatic heterocycles. The average Bonchev–Trinajstić information content (AvgIpc) is 2.68. The standard InChI is InChI=1S/C11H21N5/c1-2-16-11(14-10(12)15-16)13-8-9-6-4-3-5-7-9/h9H,2-8H2,1H3,(H3,12,13,14,15). The van der Waals surface area contributed by atoms with Crippen LogP contribution in [0.15, 0.2) is 0 Å². The highest BCUT2D eigenvalue weighted by Gasteiger charge is 2.14. The Bertz CT molecular complexity index is 327. The van der Waals surface area contributed by atoms with E-state index in [1.54, 1.807) is 0 Å².